The summed E-state index contributed by atoms with van der Waals surface area (Å²) in [5, 5.41) is 18.5. The van der Waals surface area contributed by atoms with Gasteiger partial charge in [-0.3, -0.25) is 0 Å². The van der Waals surface area contributed by atoms with E-state index in [1.807, 2.05) is 0 Å². The minimum absolute atomic E-state index is 0.333. The average Bonchev–Trinajstić information content (AvgIpc) is 2.18. The van der Waals surface area contributed by atoms with Gasteiger partial charge in [-0.25, -0.2) is 4.79 Å². The van der Waals surface area contributed by atoms with E-state index in [-0.39, 0.29) is 0 Å². The van der Waals surface area contributed by atoms with Gasteiger partial charge in [0.2, 0.25) is 0 Å². The van der Waals surface area contributed by atoms with Crippen LogP contribution in [0.25, 0.3) is 0 Å². The van der Waals surface area contributed by atoms with Gasteiger partial charge >= 0.3 is 5.97 Å². The smallest absolute Gasteiger partial charge is 0.336 e. The number of carboxylic acids is 1. The number of carboxylic acid groups (broad SMARTS) is 1. The van der Waals surface area contributed by atoms with Gasteiger partial charge in [-0.15, -0.1) is 0 Å². The summed E-state index contributed by atoms with van der Waals surface area (Å²) in [4.78, 5) is 11.2. The SMILES string of the molecule is CC(O)C(C)OC1(C(=O)O)CCOCC1. The van der Waals surface area contributed by atoms with Crippen molar-refractivity contribution in [2.24, 2.45) is 0 Å². The van der Waals surface area contributed by atoms with Crippen LogP contribution in [0.2, 0.25) is 0 Å². The van der Waals surface area contributed by atoms with Crippen LogP contribution in [0, 0.1) is 0 Å². The van der Waals surface area contributed by atoms with E-state index in [1.165, 1.54) is 0 Å². The molecule has 0 spiro atoms. The van der Waals surface area contributed by atoms with Crippen molar-refractivity contribution in [3.05, 3.63) is 0 Å². The number of aliphatic hydroxyl groups excluding tert-OH is 1. The Labute approximate surface area is 89.0 Å². The minimum atomic E-state index is -1.19. The molecule has 2 N–H and O–H groups in total. The summed E-state index contributed by atoms with van der Waals surface area (Å²) in [5.74, 6) is -0.974. The van der Waals surface area contributed by atoms with E-state index in [2.05, 4.69) is 0 Å². The van der Waals surface area contributed by atoms with Crippen molar-refractivity contribution >= 4 is 5.97 Å². The highest BCUT2D eigenvalue weighted by Gasteiger charge is 2.43. The number of hydrogen-bond acceptors (Lipinski definition) is 4. The number of ether oxygens (including phenoxy) is 2. The second-order valence-electron chi connectivity index (χ2n) is 3.98. The lowest BCUT2D eigenvalue weighted by Crippen LogP contribution is -2.49. The number of aliphatic carboxylic acids is 1. The molecule has 15 heavy (non-hydrogen) atoms. The van der Waals surface area contributed by atoms with Gasteiger partial charge in [0.25, 0.3) is 0 Å². The Morgan fingerprint density at radius 2 is 1.93 bits per heavy atom. The van der Waals surface area contributed by atoms with Crippen molar-refractivity contribution in [1.82, 2.24) is 0 Å². The Kier molecular flexibility index (Phi) is 4.07. The largest absolute Gasteiger partial charge is 0.479 e. The van der Waals surface area contributed by atoms with Crippen LogP contribution in [0.15, 0.2) is 0 Å². The van der Waals surface area contributed by atoms with Gasteiger partial charge in [-0.1, -0.05) is 0 Å². The van der Waals surface area contributed by atoms with Crippen LogP contribution >= 0.6 is 0 Å². The summed E-state index contributed by atoms with van der Waals surface area (Å²) in [6, 6.07) is 0. The molecule has 1 fully saturated rings. The molecule has 0 amide bonds. The van der Waals surface area contributed by atoms with E-state index in [0.717, 1.165) is 0 Å². The molecule has 1 aliphatic heterocycles. The number of aliphatic hydroxyl groups is 1. The van der Waals surface area contributed by atoms with Crippen molar-refractivity contribution in [3.8, 4) is 0 Å². The molecule has 0 saturated carbocycles. The Balaban J connectivity index is 2.68. The molecule has 0 aliphatic carbocycles. The normalized spacial score (nSPS) is 24.5. The first-order valence-electron chi connectivity index (χ1n) is 5.15. The standard InChI is InChI=1S/C10H18O5/c1-7(11)8(2)15-10(9(12)13)3-5-14-6-4-10/h7-8,11H,3-6H2,1-2H3,(H,12,13). The van der Waals surface area contributed by atoms with Gasteiger partial charge in [-0.2, -0.15) is 0 Å². The van der Waals surface area contributed by atoms with E-state index in [9.17, 15) is 9.90 Å². The van der Waals surface area contributed by atoms with Crippen molar-refractivity contribution in [2.75, 3.05) is 13.2 Å². The van der Waals surface area contributed by atoms with Gasteiger partial charge < -0.3 is 19.7 Å². The summed E-state index contributed by atoms with van der Waals surface area (Å²) in [5.41, 5.74) is -1.19. The lowest BCUT2D eigenvalue weighted by molar-refractivity contribution is -0.195. The van der Waals surface area contributed by atoms with Gasteiger partial charge in [0, 0.05) is 26.1 Å². The molecule has 2 atom stereocenters. The summed E-state index contributed by atoms with van der Waals surface area (Å²) >= 11 is 0. The van der Waals surface area contributed by atoms with Crippen LogP contribution in [0.5, 0.6) is 0 Å². The molecule has 5 heteroatoms. The number of carbonyl (C=O) groups is 1. The molecule has 0 aromatic rings. The first-order chi connectivity index (χ1) is 6.98. The summed E-state index contributed by atoms with van der Waals surface area (Å²) in [7, 11) is 0. The molecule has 2 unspecified atom stereocenters. The van der Waals surface area contributed by atoms with Crippen molar-refractivity contribution in [3.63, 3.8) is 0 Å². The summed E-state index contributed by atoms with van der Waals surface area (Å²) in [6.45, 7) is 4.03. The van der Waals surface area contributed by atoms with Crippen molar-refractivity contribution in [1.29, 1.82) is 0 Å². The molecule has 0 bridgehead atoms. The predicted molar refractivity (Wildman–Crippen MR) is 52.6 cm³/mol. The van der Waals surface area contributed by atoms with Crippen LogP contribution in [-0.2, 0) is 14.3 Å². The first-order valence-corrected chi connectivity index (χ1v) is 5.15. The number of rotatable bonds is 4. The van der Waals surface area contributed by atoms with E-state index in [0.29, 0.717) is 26.1 Å². The summed E-state index contributed by atoms with van der Waals surface area (Å²) < 4.78 is 10.6. The molecular weight excluding hydrogens is 200 g/mol. The Morgan fingerprint density at radius 3 is 2.33 bits per heavy atom. The Bertz CT molecular complexity index is 220. The monoisotopic (exact) mass is 218 g/mol. The lowest BCUT2D eigenvalue weighted by atomic mass is 9.93. The quantitative estimate of drug-likeness (QED) is 0.714. The van der Waals surface area contributed by atoms with Gasteiger partial charge in [0.05, 0.1) is 12.2 Å². The highest BCUT2D eigenvalue weighted by molar-refractivity contribution is 5.77. The molecule has 88 valence electrons. The zero-order valence-electron chi connectivity index (χ0n) is 9.10. The number of hydrogen-bond donors (Lipinski definition) is 2. The van der Waals surface area contributed by atoms with E-state index in [1.54, 1.807) is 13.8 Å². The fourth-order valence-corrected chi connectivity index (χ4v) is 1.54. The molecule has 1 rings (SSSR count). The third-order valence-electron chi connectivity index (χ3n) is 2.78. The molecule has 0 radical (unpaired) electrons. The summed E-state index contributed by atoms with van der Waals surface area (Å²) in [6.07, 6.45) is -0.498. The third-order valence-corrected chi connectivity index (χ3v) is 2.78. The van der Waals surface area contributed by atoms with Gasteiger partial charge in [0.1, 0.15) is 0 Å². The maximum atomic E-state index is 11.2. The zero-order chi connectivity index (χ0) is 11.5. The fraction of sp³-hybridized carbons (Fsp3) is 0.900. The molecule has 1 heterocycles. The third kappa shape index (κ3) is 2.90. The molecular formula is C10H18O5. The molecule has 0 aromatic heterocycles. The predicted octanol–water partition coefficient (Wildman–Crippen LogP) is 0.406. The minimum Gasteiger partial charge on any atom is -0.479 e. The highest BCUT2D eigenvalue weighted by Crippen LogP contribution is 2.27. The molecule has 1 aliphatic rings. The molecule has 5 nitrogen and oxygen atoms in total. The van der Waals surface area contributed by atoms with Gasteiger partial charge in [0.15, 0.2) is 5.60 Å². The fourth-order valence-electron chi connectivity index (χ4n) is 1.54. The van der Waals surface area contributed by atoms with Crippen molar-refractivity contribution in [2.45, 2.75) is 44.5 Å². The van der Waals surface area contributed by atoms with Gasteiger partial charge in [-0.05, 0) is 13.8 Å². The maximum Gasteiger partial charge on any atom is 0.336 e. The molecule has 1 saturated heterocycles. The van der Waals surface area contributed by atoms with Crippen LogP contribution in [-0.4, -0.2) is 47.2 Å². The average molecular weight is 218 g/mol. The second-order valence-corrected chi connectivity index (χ2v) is 3.98. The van der Waals surface area contributed by atoms with Crippen LogP contribution < -0.4 is 0 Å². The maximum absolute atomic E-state index is 11.2. The van der Waals surface area contributed by atoms with Crippen LogP contribution in [0.3, 0.4) is 0 Å². The van der Waals surface area contributed by atoms with E-state index >= 15 is 0 Å². The lowest BCUT2D eigenvalue weighted by Gasteiger charge is -2.36. The van der Waals surface area contributed by atoms with E-state index < -0.39 is 23.8 Å². The Hall–Kier alpha value is -0.650. The zero-order valence-corrected chi connectivity index (χ0v) is 9.10. The first kappa shape index (κ1) is 12.4. The topological polar surface area (TPSA) is 76.0 Å². The van der Waals surface area contributed by atoms with Crippen LogP contribution in [0.1, 0.15) is 26.7 Å². The van der Waals surface area contributed by atoms with Crippen LogP contribution in [0.4, 0.5) is 0 Å². The van der Waals surface area contributed by atoms with Crippen molar-refractivity contribution < 1.29 is 24.5 Å². The Morgan fingerprint density at radius 1 is 1.40 bits per heavy atom. The molecule has 0 aromatic carbocycles. The highest BCUT2D eigenvalue weighted by atomic mass is 16.6. The second kappa shape index (κ2) is 4.92. The van der Waals surface area contributed by atoms with E-state index in [4.69, 9.17) is 14.6 Å².